The molecule has 0 spiro atoms. The van der Waals surface area contributed by atoms with Crippen LogP contribution < -0.4 is 5.32 Å². The number of amides is 1. The van der Waals surface area contributed by atoms with Gasteiger partial charge in [0.05, 0.1) is 12.3 Å². The molecular weight excluding hydrogens is 345 g/mol. The van der Waals surface area contributed by atoms with Gasteiger partial charge in [0.25, 0.3) is 5.91 Å². The van der Waals surface area contributed by atoms with Gasteiger partial charge in [-0.3, -0.25) is 4.79 Å². The number of aromatic amines is 1. The van der Waals surface area contributed by atoms with E-state index in [1.807, 2.05) is 24.3 Å². The van der Waals surface area contributed by atoms with Crippen molar-refractivity contribution in [3.05, 3.63) is 71.7 Å². The van der Waals surface area contributed by atoms with Crippen LogP contribution in [0.25, 0.3) is 10.9 Å². The molecule has 2 heterocycles. The Morgan fingerprint density at radius 1 is 1.19 bits per heavy atom. The average molecular weight is 365 g/mol. The molecule has 0 fully saturated rings. The molecule has 0 saturated carbocycles. The molecule has 1 aliphatic heterocycles. The monoisotopic (exact) mass is 365 g/mol. The molecule has 2 aromatic carbocycles. The summed E-state index contributed by atoms with van der Waals surface area (Å²) in [5.41, 5.74) is 3.79. The zero-order chi connectivity index (χ0) is 18.6. The number of halogens is 1. The fraction of sp³-hybridized carbons (Fsp3) is 0.238. The predicted molar refractivity (Wildman–Crippen MR) is 102 cm³/mol. The molecule has 5 nitrogen and oxygen atoms in total. The van der Waals surface area contributed by atoms with E-state index >= 15 is 0 Å². The van der Waals surface area contributed by atoms with Gasteiger partial charge in [0, 0.05) is 23.0 Å². The number of rotatable bonds is 6. The molecule has 138 valence electrons. The van der Waals surface area contributed by atoms with Crippen LogP contribution in [0.5, 0.6) is 0 Å². The summed E-state index contributed by atoms with van der Waals surface area (Å²) in [5.74, 6) is -0.477. The van der Waals surface area contributed by atoms with Crippen LogP contribution in [-0.2, 0) is 22.6 Å². The predicted octanol–water partition coefficient (Wildman–Crippen LogP) is 3.70. The first kappa shape index (κ1) is 17.3. The SMILES string of the molecule is O=C(NCc1cc2cc(F)ccc2[nH]1)[C@@H]1CC(CCc2ccccc2)=NO1. The lowest BCUT2D eigenvalue weighted by Crippen LogP contribution is -2.34. The van der Waals surface area contributed by atoms with Gasteiger partial charge in [-0.2, -0.15) is 0 Å². The van der Waals surface area contributed by atoms with E-state index in [0.29, 0.717) is 13.0 Å². The fourth-order valence-corrected chi connectivity index (χ4v) is 3.20. The van der Waals surface area contributed by atoms with E-state index in [2.05, 4.69) is 27.6 Å². The number of oxime groups is 1. The highest BCUT2D eigenvalue weighted by molar-refractivity contribution is 5.93. The Labute approximate surface area is 156 Å². The number of carbonyl (C=O) groups excluding carboxylic acids is 1. The molecule has 6 heteroatoms. The maximum absolute atomic E-state index is 13.3. The molecule has 2 N–H and O–H groups in total. The summed E-state index contributed by atoms with van der Waals surface area (Å²) in [4.78, 5) is 20.8. The van der Waals surface area contributed by atoms with Gasteiger partial charge in [0.1, 0.15) is 5.82 Å². The van der Waals surface area contributed by atoms with Crippen molar-refractivity contribution >= 4 is 22.5 Å². The van der Waals surface area contributed by atoms with Gasteiger partial charge in [-0.25, -0.2) is 4.39 Å². The molecule has 0 aliphatic carbocycles. The van der Waals surface area contributed by atoms with E-state index in [4.69, 9.17) is 4.84 Å². The highest BCUT2D eigenvalue weighted by Crippen LogP contribution is 2.18. The maximum Gasteiger partial charge on any atom is 0.264 e. The molecule has 1 aromatic heterocycles. The highest BCUT2D eigenvalue weighted by Gasteiger charge is 2.27. The Bertz CT molecular complexity index is 982. The molecule has 0 saturated heterocycles. The average Bonchev–Trinajstić information content (AvgIpc) is 3.31. The summed E-state index contributed by atoms with van der Waals surface area (Å²) in [5, 5.41) is 7.69. The summed E-state index contributed by atoms with van der Waals surface area (Å²) in [6.45, 7) is 0.328. The molecule has 27 heavy (non-hydrogen) atoms. The highest BCUT2D eigenvalue weighted by atomic mass is 19.1. The van der Waals surface area contributed by atoms with Crippen molar-refractivity contribution in [1.29, 1.82) is 0 Å². The Balaban J connectivity index is 1.26. The van der Waals surface area contributed by atoms with E-state index in [1.54, 1.807) is 6.07 Å². The first-order valence-corrected chi connectivity index (χ1v) is 8.98. The quantitative estimate of drug-likeness (QED) is 0.699. The first-order chi connectivity index (χ1) is 13.2. The second-order valence-electron chi connectivity index (χ2n) is 6.69. The van der Waals surface area contributed by atoms with Gasteiger partial charge in [-0.05, 0) is 42.7 Å². The summed E-state index contributed by atoms with van der Waals surface area (Å²) in [6.07, 6.45) is 1.58. The van der Waals surface area contributed by atoms with Crippen molar-refractivity contribution in [3.63, 3.8) is 0 Å². The van der Waals surface area contributed by atoms with Crippen molar-refractivity contribution in [1.82, 2.24) is 10.3 Å². The van der Waals surface area contributed by atoms with Gasteiger partial charge in [-0.15, -0.1) is 0 Å². The second kappa shape index (κ2) is 7.61. The molecular formula is C21H20FN3O2. The molecule has 1 aliphatic rings. The van der Waals surface area contributed by atoms with Crippen LogP contribution in [0.4, 0.5) is 4.39 Å². The third-order valence-corrected chi connectivity index (χ3v) is 4.66. The van der Waals surface area contributed by atoms with Crippen LogP contribution in [0.3, 0.4) is 0 Å². The Morgan fingerprint density at radius 3 is 2.89 bits per heavy atom. The van der Waals surface area contributed by atoms with Crippen molar-refractivity contribution in [3.8, 4) is 0 Å². The smallest absolute Gasteiger partial charge is 0.264 e. The molecule has 1 amide bonds. The summed E-state index contributed by atoms with van der Waals surface area (Å²) in [6, 6.07) is 16.5. The second-order valence-corrected chi connectivity index (χ2v) is 6.69. The van der Waals surface area contributed by atoms with Gasteiger partial charge in [-0.1, -0.05) is 35.5 Å². The van der Waals surface area contributed by atoms with Crippen LogP contribution in [0.1, 0.15) is 24.1 Å². The minimum atomic E-state index is -0.586. The Morgan fingerprint density at radius 2 is 2.04 bits per heavy atom. The zero-order valence-corrected chi connectivity index (χ0v) is 14.7. The number of carbonyl (C=O) groups is 1. The number of aromatic nitrogens is 1. The number of hydrogen-bond donors (Lipinski definition) is 2. The fourth-order valence-electron chi connectivity index (χ4n) is 3.20. The lowest BCUT2D eigenvalue weighted by Gasteiger charge is -2.08. The molecule has 3 aromatic rings. The van der Waals surface area contributed by atoms with Gasteiger partial charge in [0.2, 0.25) is 6.10 Å². The summed E-state index contributed by atoms with van der Waals surface area (Å²) >= 11 is 0. The zero-order valence-electron chi connectivity index (χ0n) is 14.7. The Kier molecular flexibility index (Phi) is 4.87. The minimum Gasteiger partial charge on any atom is -0.382 e. The van der Waals surface area contributed by atoms with Crippen molar-refractivity contribution < 1.29 is 14.0 Å². The maximum atomic E-state index is 13.3. The third-order valence-electron chi connectivity index (χ3n) is 4.66. The van der Waals surface area contributed by atoms with Crippen LogP contribution in [0, 0.1) is 5.82 Å². The number of fused-ring (bicyclic) bond motifs is 1. The van der Waals surface area contributed by atoms with E-state index in [0.717, 1.165) is 35.2 Å². The van der Waals surface area contributed by atoms with E-state index in [-0.39, 0.29) is 11.7 Å². The lowest BCUT2D eigenvalue weighted by atomic mass is 10.0. The summed E-state index contributed by atoms with van der Waals surface area (Å²) < 4.78 is 13.3. The molecule has 0 unspecified atom stereocenters. The normalized spacial score (nSPS) is 16.2. The largest absolute Gasteiger partial charge is 0.382 e. The van der Waals surface area contributed by atoms with Crippen molar-refractivity contribution in [2.75, 3.05) is 0 Å². The first-order valence-electron chi connectivity index (χ1n) is 8.98. The van der Waals surface area contributed by atoms with Crippen LogP contribution >= 0.6 is 0 Å². The van der Waals surface area contributed by atoms with Crippen LogP contribution in [0.2, 0.25) is 0 Å². The van der Waals surface area contributed by atoms with E-state index < -0.39 is 6.10 Å². The number of nitrogens with zero attached hydrogens (tertiary/aromatic N) is 1. The van der Waals surface area contributed by atoms with E-state index in [9.17, 15) is 9.18 Å². The minimum absolute atomic E-state index is 0.196. The number of hydrogen-bond acceptors (Lipinski definition) is 3. The van der Waals surface area contributed by atoms with Crippen molar-refractivity contribution in [2.45, 2.75) is 31.9 Å². The van der Waals surface area contributed by atoms with Gasteiger partial charge in [0.15, 0.2) is 0 Å². The summed E-state index contributed by atoms with van der Waals surface area (Å²) in [7, 11) is 0. The molecule has 0 radical (unpaired) electrons. The van der Waals surface area contributed by atoms with Crippen LogP contribution in [-0.4, -0.2) is 22.7 Å². The molecule has 4 rings (SSSR count). The van der Waals surface area contributed by atoms with Gasteiger partial charge < -0.3 is 15.1 Å². The number of aryl methyl sites for hydroxylation is 1. The number of benzene rings is 2. The number of nitrogens with one attached hydrogen (secondary N) is 2. The molecule has 1 atom stereocenters. The van der Waals surface area contributed by atoms with E-state index in [1.165, 1.54) is 17.7 Å². The van der Waals surface area contributed by atoms with Crippen LogP contribution in [0.15, 0.2) is 59.8 Å². The number of H-pyrrole nitrogens is 1. The Hall–Kier alpha value is -3.15. The van der Waals surface area contributed by atoms with Gasteiger partial charge >= 0.3 is 0 Å². The molecule has 0 bridgehead atoms. The topological polar surface area (TPSA) is 66.5 Å². The third kappa shape index (κ3) is 4.16. The lowest BCUT2D eigenvalue weighted by molar-refractivity contribution is -0.131. The standard InChI is InChI=1S/C21H20FN3O2/c22-16-7-9-19-15(10-16)11-18(24-19)13-23-21(26)20-12-17(25-27-20)8-6-14-4-2-1-3-5-14/h1-5,7,9-11,20,24H,6,8,12-13H2,(H,23,26)/t20-/m0/s1. The van der Waals surface area contributed by atoms with Crippen molar-refractivity contribution in [2.24, 2.45) is 5.16 Å².